The molecule has 1 aliphatic heterocycles. The number of hydrogen-bond donors (Lipinski definition) is 1. The fourth-order valence-electron chi connectivity index (χ4n) is 1.78. The van der Waals surface area contributed by atoms with Crippen molar-refractivity contribution in [2.45, 2.75) is 36.2 Å². The van der Waals surface area contributed by atoms with Gasteiger partial charge in [-0.15, -0.1) is 11.8 Å². The van der Waals surface area contributed by atoms with Crippen LogP contribution < -0.4 is 0 Å². The number of aliphatic hydroxyl groups is 1. The number of benzene rings is 1. The van der Waals surface area contributed by atoms with E-state index in [9.17, 15) is 5.11 Å². The van der Waals surface area contributed by atoms with Crippen LogP contribution in [0.3, 0.4) is 0 Å². The van der Waals surface area contributed by atoms with Crippen molar-refractivity contribution in [1.82, 2.24) is 0 Å². The molecular formula is C12H16O2S. The molecule has 0 saturated carbocycles. The molecule has 0 radical (unpaired) electrons. The summed E-state index contributed by atoms with van der Waals surface area (Å²) in [5, 5.41) is 9.74. The first-order chi connectivity index (χ1) is 7.31. The highest BCUT2D eigenvalue weighted by Gasteiger charge is 2.25. The summed E-state index contributed by atoms with van der Waals surface area (Å²) in [6, 6.07) is 8.02. The Morgan fingerprint density at radius 3 is 2.93 bits per heavy atom. The van der Waals surface area contributed by atoms with Gasteiger partial charge in [-0.05, 0) is 25.0 Å². The Morgan fingerprint density at radius 2 is 2.27 bits per heavy atom. The molecule has 0 aromatic heterocycles. The minimum absolute atomic E-state index is 0.116. The highest BCUT2D eigenvalue weighted by atomic mass is 32.2. The Labute approximate surface area is 94.6 Å². The second-order valence-electron chi connectivity index (χ2n) is 3.79. The molecule has 2 rings (SSSR count). The van der Waals surface area contributed by atoms with Crippen molar-refractivity contribution >= 4 is 11.8 Å². The lowest BCUT2D eigenvalue weighted by molar-refractivity contribution is 0.127. The van der Waals surface area contributed by atoms with Crippen molar-refractivity contribution in [3.8, 4) is 0 Å². The molecule has 1 aliphatic rings. The SMILES string of the molecule is CC1OCCC1Sc1ccccc1CO. The summed E-state index contributed by atoms with van der Waals surface area (Å²) >= 11 is 1.83. The summed E-state index contributed by atoms with van der Waals surface area (Å²) in [6.07, 6.45) is 1.42. The molecule has 0 amide bonds. The summed E-state index contributed by atoms with van der Waals surface area (Å²) in [5.74, 6) is 0. The van der Waals surface area contributed by atoms with E-state index >= 15 is 0 Å². The molecule has 3 heteroatoms. The molecule has 0 aliphatic carbocycles. The number of ether oxygens (including phenoxy) is 1. The summed E-state index contributed by atoms with van der Waals surface area (Å²) < 4.78 is 5.53. The van der Waals surface area contributed by atoms with Crippen molar-refractivity contribution < 1.29 is 9.84 Å². The van der Waals surface area contributed by atoms with Crippen LogP contribution in [0.1, 0.15) is 18.9 Å². The van der Waals surface area contributed by atoms with Gasteiger partial charge in [0.2, 0.25) is 0 Å². The van der Waals surface area contributed by atoms with Crippen molar-refractivity contribution in [3.05, 3.63) is 29.8 Å². The van der Waals surface area contributed by atoms with Gasteiger partial charge >= 0.3 is 0 Å². The van der Waals surface area contributed by atoms with Gasteiger partial charge in [-0.3, -0.25) is 0 Å². The van der Waals surface area contributed by atoms with Crippen LogP contribution in [0.15, 0.2) is 29.2 Å². The van der Waals surface area contributed by atoms with Crippen LogP contribution in [-0.4, -0.2) is 23.1 Å². The fraction of sp³-hybridized carbons (Fsp3) is 0.500. The molecule has 2 atom stereocenters. The van der Waals surface area contributed by atoms with Gasteiger partial charge in [-0.2, -0.15) is 0 Å². The van der Waals surface area contributed by atoms with E-state index in [4.69, 9.17) is 4.74 Å². The van der Waals surface area contributed by atoms with Crippen LogP contribution in [0.5, 0.6) is 0 Å². The first-order valence-electron chi connectivity index (χ1n) is 5.28. The monoisotopic (exact) mass is 224 g/mol. The third kappa shape index (κ3) is 2.54. The third-order valence-corrected chi connectivity index (χ3v) is 4.30. The molecule has 82 valence electrons. The summed E-state index contributed by atoms with van der Waals surface area (Å²) in [6.45, 7) is 3.09. The Bertz CT molecular complexity index is 327. The van der Waals surface area contributed by atoms with Gasteiger partial charge in [-0.1, -0.05) is 18.2 Å². The predicted molar refractivity (Wildman–Crippen MR) is 62.0 cm³/mol. The van der Waals surface area contributed by atoms with Crippen molar-refractivity contribution in [2.24, 2.45) is 0 Å². The molecule has 1 aromatic carbocycles. The second-order valence-corrected chi connectivity index (χ2v) is 5.07. The molecule has 1 fully saturated rings. The Morgan fingerprint density at radius 1 is 1.47 bits per heavy atom. The average molecular weight is 224 g/mol. The smallest absolute Gasteiger partial charge is 0.0692 e. The predicted octanol–water partition coefficient (Wildman–Crippen LogP) is 2.45. The van der Waals surface area contributed by atoms with Crippen LogP contribution in [-0.2, 0) is 11.3 Å². The molecule has 1 saturated heterocycles. The van der Waals surface area contributed by atoms with E-state index < -0.39 is 0 Å². The molecule has 0 spiro atoms. The first kappa shape index (κ1) is 11.0. The molecule has 1 heterocycles. The standard InChI is InChI=1S/C12H16O2S/c1-9-11(6-7-14-9)15-12-5-3-2-4-10(12)8-13/h2-5,9,11,13H,6-8H2,1H3. The number of aliphatic hydroxyl groups excluding tert-OH is 1. The van der Waals surface area contributed by atoms with E-state index in [0.717, 1.165) is 18.6 Å². The lowest BCUT2D eigenvalue weighted by Gasteiger charge is -2.15. The number of hydrogen-bond acceptors (Lipinski definition) is 3. The van der Waals surface area contributed by atoms with Crippen LogP contribution in [0.2, 0.25) is 0 Å². The van der Waals surface area contributed by atoms with E-state index in [1.807, 2.05) is 30.0 Å². The first-order valence-corrected chi connectivity index (χ1v) is 6.16. The summed E-state index contributed by atoms with van der Waals surface area (Å²) in [7, 11) is 0. The van der Waals surface area contributed by atoms with Gasteiger partial charge in [0, 0.05) is 16.8 Å². The van der Waals surface area contributed by atoms with Gasteiger partial charge in [0.1, 0.15) is 0 Å². The minimum atomic E-state index is 0.116. The average Bonchev–Trinajstić information content (AvgIpc) is 2.65. The van der Waals surface area contributed by atoms with E-state index in [1.54, 1.807) is 0 Å². The Hall–Kier alpha value is -0.510. The van der Waals surface area contributed by atoms with Crippen LogP contribution in [0, 0.1) is 0 Å². The van der Waals surface area contributed by atoms with E-state index in [-0.39, 0.29) is 6.61 Å². The normalized spacial score (nSPS) is 25.7. The van der Waals surface area contributed by atoms with Gasteiger partial charge in [0.05, 0.1) is 12.7 Å². The van der Waals surface area contributed by atoms with Gasteiger partial charge in [0.25, 0.3) is 0 Å². The maximum absolute atomic E-state index is 9.21. The molecule has 2 nitrogen and oxygen atoms in total. The quantitative estimate of drug-likeness (QED) is 0.855. The molecule has 2 unspecified atom stereocenters. The Kier molecular flexibility index (Phi) is 3.67. The van der Waals surface area contributed by atoms with Gasteiger partial charge in [0.15, 0.2) is 0 Å². The summed E-state index contributed by atoms with van der Waals surface area (Å²) in [4.78, 5) is 1.18. The van der Waals surface area contributed by atoms with Crippen molar-refractivity contribution in [3.63, 3.8) is 0 Å². The molecule has 15 heavy (non-hydrogen) atoms. The molecule has 1 aromatic rings. The highest BCUT2D eigenvalue weighted by molar-refractivity contribution is 8.00. The third-order valence-electron chi connectivity index (χ3n) is 2.73. The Balaban J connectivity index is 2.09. The summed E-state index contributed by atoms with van der Waals surface area (Å²) in [5.41, 5.74) is 1.02. The van der Waals surface area contributed by atoms with E-state index in [1.165, 1.54) is 4.90 Å². The van der Waals surface area contributed by atoms with Crippen LogP contribution >= 0.6 is 11.8 Å². The zero-order valence-corrected chi connectivity index (χ0v) is 9.67. The zero-order chi connectivity index (χ0) is 10.7. The van der Waals surface area contributed by atoms with E-state index in [0.29, 0.717) is 11.4 Å². The maximum atomic E-state index is 9.21. The van der Waals surface area contributed by atoms with Crippen molar-refractivity contribution in [2.75, 3.05) is 6.61 Å². The molecular weight excluding hydrogens is 208 g/mol. The molecule has 0 bridgehead atoms. The van der Waals surface area contributed by atoms with Gasteiger partial charge < -0.3 is 9.84 Å². The lowest BCUT2D eigenvalue weighted by Crippen LogP contribution is -2.13. The number of thioether (sulfide) groups is 1. The van der Waals surface area contributed by atoms with Crippen LogP contribution in [0.4, 0.5) is 0 Å². The van der Waals surface area contributed by atoms with E-state index in [2.05, 4.69) is 13.0 Å². The highest BCUT2D eigenvalue weighted by Crippen LogP contribution is 2.34. The zero-order valence-electron chi connectivity index (χ0n) is 8.85. The number of rotatable bonds is 3. The largest absolute Gasteiger partial charge is 0.392 e. The maximum Gasteiger partial charge on any atom is 0.0692 e. The van der Waals surface area contributed by atoms with Crippen molar-refractivity contribution in [1.29, 1.82) is 0 Å². The second kappa shape index (κ2) is 5.01. The van der Waals surface area contributed by atoms with Gasteiger partial charge in [-0.25, -0.2) is 0 Å². The minimum Gasteiger partial charge on any atom is -0.392 e. The fourth-order valence-corrected chi connectivity index (χ4v) is 3.03. The molecule has 1 N–H and O–H groups in total. The topological polar surface area (TPSA) is 29.5 Å². The van der Waals surface area contributed by atoms with Crippen LogP contribution in [0.25, 0.3) is 0 Å². The lowest BCUT2D eigenvalue weighted by atomic mass is 10.2.